The summed E-state index contributed by atoms with van der Waals surface area (Å²) in [6, 6.07) is 12.9. The van der Waals surface area contributed by atoms with E-state index >= 15 is 0 Å². The maximum absolute atomic E-state index is 13.7. The molecule has 2 aliphatic heterocycles. The normalized spacial score (nSPS) is 22.6. The van der Waals surface area contributed by atoms with Crippen molar-refractivity contribution in [2.75, 3.05) is 26.8 Å². The lowest BCUT2D eigenvalue weighted by atomic mass is 9.75. The molecule has 180 valence electrons. The summed E-state index contributed by atoms with van der Waals surface area (Å²) in [6.45, 7) is 1.19. The van der Waals surface area contributed by atoms with Gasteiger partial charge in [0.2, 0.25) is 17.7 Å². The van der Waals surface area contributed by atoms with Gasteiger partial charge in [-0.3, -0.25) is 19.3 Å². The molecule has 0 unspecified atom stereocenters. The lowest BCUT2D eigenvalue weighted by Crippen LogP contribution is -2.44. The van der Waals surface area contributed by atoms with E-state index in [2.05, 4.69) is 0 Å². The predicted molar refractivity (Wildman–Crippen MR) is 126 cm³/mol. The fourth-order valence-electron chi connectivity index (χ4n) is 5.14. The van der Waals surface area contributed by atoms with Crippen LogP contribution in [0.2, 0.25) is 5.02 Å². The van der Waals surface area contributed by atoms with E-state index in [1.807, 2.05) is 0 Å². The molecule has 2 fully saturated rings. The molecule has 0 saturated carbocycles. The lowest BCUT2D eigenvalue weighted by Gasteiger charge is -2.32. The molecule has 4 rings (SSSR count). The molecule has 0 N–H and O–H groups in total. The van der Waals surface area contributed by atoms with E-state index in [9.17, 15) is 18.8 Å². The fourth-order valence-corrected chi connectivity index (χ4v) is 5.46. The van der Waals surface area contributed by atoms with Crippen LogP contribution in [0.15, 0.2) is 48.5 Å². The largest absolute Gasteiger partial charge is 0.385 e. The van der Waals surface area contributed by atoms with E-state index in [0.29, 0.717) is 30.2 Å². The van der Waals surface area contributed by atoms with Crippen molar-refractivity contribution in [2.45, 2.75) is 43.6 Å². The van der Waals surface area contributed by atoms with Crippen molar-refractivity contribution >= 4 is 29.3 Å². The van der Waals surface area contributed by atoms with Gasteiger partial charge >= 0.3 is 0 Å². The van der Waals surface area contributed by atoms with Gasteiger partial charge < -0.3 is 9.64 Å². The first kappa shape index (κ1) is 24.4. The molecular weight excluding hydrogens is 459 g/mol. The van der Waals surface area contributed by atoms with E-state index in [0.717, 1.165) is 18.4 Å². The molecular formula is C26H28ClFN2O4. The number of methoxy groups -OCH3 is 1. The first-order chi connectivity index (χ1) is 16.4. The van der Waals surface area contributed by atoms with Gasteiger partial charge in [0.25, 0.3) is 0 Å². The van der Waals surface area contributed by atoms with Crippen LogP contribution in [0.25, 0.3) is 0 Å². The highest BCUT2D eigenvalue weighted by Gasteiger charge is 2.55. The number of hydrogen-bond acceptors (Lipinski definition) is 4. The topological polar surface area (TPSA) is 66.9 Å². The van der Waals surface area contributed by atoms with Crippen LogP contribution >= 0.6 is 11.6 Å². The molecule has 2 atom stereocenters. The molecule has 0 bridgehead atoms. The molecule has 8 heteroatoms. The van der Waals surface area contributed by atoms with Gasteiger partial charge in [0.05, 0.1) is 11.5 Å². The summed E-state index contributed by atoms with van der Waals surface area (Å²) >= 11 is 6.50. The number of rotatable bonds is 8. The second-order valence-corrected chi connectivity index (χ2v) is 9.32. The lowest BCUT2D eigenvalue weighted by molar-refractivity contribution is -0.143. The Morgan fingerprint density at radius 1 is 1.18 bits per heavy atom. The maximum Gasteiger partial charge on any atom is 0.240 e. The van der Waals surface area contributed by atoms with Crippen molar-refractivity contribution in [3.8, 4) is 0 Å². The molecule has 0 spiro atoms. The third-order valence-corrected chi connectivity index (χ3v) is 7.14. The van der Waals surface area contributed by atoms with Gasteiger partial charge in [0.1, 0.15) is 5.82 Å². The number of imide groups is 1. The van der Waals surface area contributed by atoms with Crippen molar-refractivity contribution < 1.29 is 23.5 Å². The molecule has 2 aromatic carbocycles. The maximum atomic E-state index is 13.7. The average Bonchev–Trinajstić information content (AvgIpc) is 3.40. The zero-order valence-electron chi connectivity index (χ0n) is 19.1. The van der Waals surface area contributed by atoms with Gasteiger partial charge in [-0.25, -0.2) is 4.39 Å². The quantitative estimate of drug-likeness (QED) is 0.413. The minimum atomic E-state index is -1.35. The van der Waals surface area contributed by atoms with Crippen LogP contribution in [0.1, 0.15) is 49.3 Å². The second-order valence-electron chi connectivity index (χ2n) is 8.91. The Balaban J connectivity index is 1.65. The van der Waals surface area contributed by atoms with Crippen LogP contribution in [0.3, 0.4) is 0 Å². The molecule has 6 nitrogen and oxygen atoms in total. The van der Waals surface area contributed by atoms with Crippen LogP contribution in [-0.2, 0) is 24.5 Å². The third-order valence-electron chi connectivity index (χ3n) is 6.81. The van der Waals surface area contributed by atoms with Gasteiger partial charge in [-0.15, -0.1) is 0 Å². The van der Waals surface area contributed by atoms with Crippen LogP contribution in [0, 0.1) is 5.82 Å². The Kier molecular flexibility index (Phi) is 7.33. The first-order valence-corrected chi connectivity index (χ1v) is 11.9. The summed E-state index contributed by atoms with van der Waals surface area (Å²) in [6.07, 6.45) is 1.82. The van der Waals surface area contributed by atoms with Crippen molar-refractivity contribution in [2.24, 2.45) is 0 Å². The molecule has 0 radical (unpaired) electrons. The van der Waals surface area contributed by atoms with Gasteiger partial charge in [0.15, 0.2) is 0 Å². The Labute approximate surface area is 203 Å². The average molecular weight is 487 g/mol. The molecule has 2 saturated heterocycles. The monoisotopic (exact) mass is 486 g/mol. The van der Waals surface area contributed by atoms with E-state index in [4.69, 9.17) is 16.3 Å². The Morgan fingerprint density at radius 3 is 2.62 bits per heavy atom. The number of amides is 3. The minimum Gasteiger partial charge on any atom is -0.385 e. The molecule has 3 amide bonds. The summed E-state index contributed by atoms with van der Waals surface area (Å²) in [7, 11) is 1.56. The van der Waals surface area contributed by atoms with Crippen LogP contribution in [0.4, 0.5) is 4.39 Å². The minimum absolute atomic E-state index is 0.108. The number of carbonyl (C=O) groups excluding carboxylic acids is 3. The van der Waals surface area contributed by atoms with Crippen LogP contribution < -0.4 is 0 Å². The molecule has 0 aromatic heterocycles. The van der Waals surface area contributed by atoms with E-state index < -0.39 is 11.3 Å². The Hall–Kier alpha value is -2.77. The third kappa shape index (κ3) is 4.59. The highest BCUT2D eigenvalue weighted by molar-refractivity contribution is 6.32. The predicted octanol–water partition coefficient (Wildman–Crippen LogP) is 4.27. The highest BCUT2D eigenvalue weighted by Crippen LogP contribution is 2.44. The molecule has 0 aliphatic carbocycles. The van der Waals surface area contributed by atoms with E-state index in [1.165, 1.54) is 17.0 Å². The zero-order valence-corrected chi connectivity index (χ0v) is 19.9. The van der Waals surface area contributed by atoms with Gasteiger partial charge in [-0.1, -0.05) is 41.9 Å². The second kappa shape index (κ2) is 10.2. The number of hydrogen-bond donors (Lipinski definition) is 0. The van der Waals surface area contributed by atoms with Gasteiger partial charge in [-0.2, -0.15) is 0 Å². The summed E-state index contributed by atoms with van der Waals surface area (Å²) in [5, 5.41) is 0.353. The zero-order chi connectivity index (χ0) is 24.3. The standard InChI is InChI=1S/C26H28ClFN2O4/c1-34-15-5-14-30-24(32)17-26(25(30)33,20-6-2-3-7-21(20)27)16-23(31)29-13-4-8-22(29)18-9-11-19(28)12-10-18/h2-3,6-7,9-12,22H,4-5,8,13-17H2,1H3/t22-,26-/m0/s1. The number of ether oxygens (including phenoxy) is 1. The summed E-state index contributed by atoms with van der Waals surface area (Å²) in [4.78, 5) is 43.3. The summed E-state index contributed by atoms with van der Waals surface area (Å²) in [5.41, 5.74) is -0.000560. The Bertz CT molecular complexity index is 1080. The molecule has 2 heterocycles. The Morgan fingerprint density at radius 2 is 1.91 bits per heavy atom. The van der Waals surface area contributed by atoms with Crippen molar-refractivity contribution in [1.82, 2.24) is 9.80 Å². The number of likely N-dealkylation sites (tertiary alicyclic amines) is 2. The smallest absolute Gasteiger partial charge is 0.240 e. The van der Waals surface area contributed by atoms with E-state index in [1.54, 1.807) is 48.4 Å². The number of carbonyl (C=O) groups is 3. The molecule has 2 aromatic rings. The highest BCUT2D eigenvalue weighted by atomic mass is 35.5. The van der Waals surface area contributed by atoms with Crippen LogP contribution in [0.5, 0.6) is 0 Å². The van der Waals surface area contributed by atoms with Crippen molar-refractivity contribution in [3.63, 3.8) is 0 Å². The van der Waals surface area contributed by atoms with Crippen molar-refractivity contribution in [3.05, 3.63) is 70.5 Å². The summed E-state index contributed by atoms with van der Waals surface area (Å²) in [5.74, 6) is -1.26. The number of nitrogens with zero attached hydrogens (tertiary/aromatic N) is 2. The SMILES string of the molecule is COCCCN1C(=O)C[C@@](CC(=O)N2CCC[C@H]2c2ccc(F)cc2)(c2ccccc2Cl)C1=O. The summed E-state index contributed by atoms with van der Waals surface area (Å²) < 4.78 is 18.5. The van der Waals surface area contributed by atoms with Gasteiger partial charge in [-0.05, 0) is 48.6 Å². The van der Waals surface area contributed by atoms with Crippen molar-refractivity contribution in [1.29, 1.82) is 0 Å². The van der Waals surface area contributed by atoms with Crippen LogP contribution in [-0.4, -0.2) is 54.3 Å². The molecule has 34 heavy (non-hydrogen) atoms. The molecule has 2 aliphatic rings. The first-order valence-electron chi connectivity index (χ1n) is 11.5. The number of benzene rings is 2. The van der Waals surface area contributed by atoms with E-state index in [-0.39, 0.29) is 43.1 Å². The van der Waals surface area contributed by atoms with Gasteiger partial charge in [0, 0.05) is 44.7 Å². The number of halogens is 2. The fraction of sp³-hybridized carbons (Fsp3) is 0.423.